The van der Waals surface area contributed by atoms with Gasteiger partial charge in [0.1, 0.15) is 5.52 Å². The maximum absolute atomic E-state index is 6.14. The van der Waals surface area contributed by atoms with Crippen molar-refractivity contribution in [2.24, 2.45) is 7.05 Å². The number of rotatable bonds is 6. The Morgan fingerprint density at radius 2 is 1.90 bits per heavy atom. The molecule has 2 aromatic heterocycles. The predicted octanol–water partition coefficient (Wildman–Crippen LogP) is 1.82. The number of aromatic nitrogens is 4. The molecular weight excluding hydrogens is 252 g/mol. The molecule has 2 rings (SSSR count). The monoisotopic (exact) mass is 278 g/mol. The molecule has 0 radical (unpaired) electrons. The zero-order valence-electron chi connectivity index (χ0n) is 13.2. The molecule has 0 bridgehead atoms. The number of likely N-dealkylation sites (N-methyl/N-ethyl adjacent to an activating group) is 1. The summed E-state index contributed by atoms with van der Waals surface area (Å²) in [4.78, 5) is 6.92. The van der Waals surface area contributed by atoms with E-state index in [-0.39, 0.29) is 6.04 Å². The second kappa shape index (κ2) is 5.83. The highest BCUT2D eigenvalue weighted by Gasteiger charge is 2.21. The smallest absolute Gasteiger partial charge is 0.202 e. The van der Waals surface area contributed by atoms with Gasteiger partial charge in [0.15, 0.2) is 5.65 Å². The first-order valence-electron chi connectivity index (χ1n) is 7.44. The molecule has 6 heteroatoms. The maximum Gasteiger partial charge on any atom is 0.202 e. The van der Waals surface area contributed by atoms with Crippen molar-refractivity contribution >= 4 is 17.1 Å². The summed E-state index contributed by atoms with van der Waals surface area (Å²) in [5.74, 6) is 0.586. The van der Waals surface area contributed by atoms with E-state index < -0.39 is 0 Å². The molecule has 0 aliphatic rings. The van der Waals surface area contributed by atoms with Gasteiger partial charge in [-0.3, -0.25) is 9.25 Å². The van der Waals surface area contributed by atoms with E-state index in [0.717, 1.165) is 42.9 Å². The minimum Gasteiger partial charge on any atom is -0.369 e. The van der Waals surface area contributed by atoms with Crippen molar-refractivity contribution in [1.29, 1.82) is 0 Å². The number of imidazole rings is 1. The Morgan fingerprint density at radius 1 is 1.25 bits per heavy atom. The Bertz CT molecular complexity index is 578. The summed E-state index contributed by atoms with van der Waals surface area (Å²) in [5.41, 5.74) is 9.13. The second-order valence-electron chi connectivity index (χ2n) is 5.27. The lowest BCUT2D eigenvalue weighted by Crippen LogP contribution is -2.30. The van der Waals surface area contributed by atoms with Gasteiger partial charge < -0.3 is 10.6 Å². The van der Waals surface area contributed by atoms with E-state index in [4.69, 9.17) is 5.73 Å². The Hall–Kier alpha value is -1.56. The third kappa shape index (κ3) is 2.40. The van der Waals surface area contributed by atoms with E-state index in [1.807, 2.05) is 11.7 Å². The van der Waals surface area contributed by atoms with Crippen LogP contribution in [-0.4, -0.2) is 43.9 Å². The van der Waals surface area contributed by atoms with Gasteiger partial charge in [-0.2, -0.15) is 5.10 Å². The van der Waals surface area contributed by atoms with Crippen molar-refractivity contribution in [1.82, 2.24) is 24.2 Å². The van der Waals surface area contributed by atoms with Crippen LogP contribution >= 0.6 is 0 Å². The highest BCUT2D eigenvalue weighted by Crippen LogP contribution is 2.25. The summed E-state index contributed by atoms with van der Waals surface area (Å²) in [6.45, 7) is 11.7. The number of nitrogen functional groups attached to an aromatic ring is 1. The Labute approximate surface area is 120 Å². The van der Waals surface area contributed by atoms with Crippen LogP contribution in [0.1, 0.15) is 39.4 Å². The molecule has 1 atom stereocenters. The molecule has 1 unspecified atom stereocenters. The summed E-state index contributed by atoms with van der Waals surface area (Å²) >= 11 is 0. The van der Waals surface area contributed by atoms with Gasteiger partial charge in [0.05, 0.1) is 5.69 Å². The average Bonchev–Trinajstić information content (AvgIpc) is 2.92. The molecule has 2 heterocycles. The van der Waals surface area contributed by atoms with Gasteiger partial charge in [-0.25, -0.2) is 4.98 Å². The summed E-state index contributed by atoms with van der Waals surface area (Å²) in [7, 11) is 1.96. The lowest BCUT2D eigenvalue weighted by atomic mass is 10.3. The highest BCUT2D eigenvalue weighted by molar-refractivity contribution is 5.78. The van der Waals surface area contributed by atoms with Crippen LogP contribution < -0.4 is 5.73 Å². The van der Waals surface area contributed by atoms with Crippen LogP contribution in [0.25, 0.3) is 11.2 Å². The van der Waals surface area contributed by atoms with Gasteiger partial charge in [-0.15, -0.1) is 0 Å². The summed E-state index contributed by atoms with van der Waals surface area (Å²) < 4.78 is 4.01. The molecule has 6 nitrogen and oxygen atoms in total. The lowest BCUT2D eigenvalue weighted by Gasteiger charge is -2.24. The Kier molecular flexibility index (Phi) is 4.32. The molecule has 0 aliphatic heterocycles. The number of nitrogens with two attached hydrogens (primary N) is 1. The van der Waals surface area contributed by atoms with Gasteiger partial charge in [-0.05, 0) is 26.4 Å². The van der Waals surface area contributed by atoms with Gasteiger partial charge in [-0.1, -0.05) is 20.8 Å². The molecule has 0 fully saturated rings. The first kappa shape index (κ1) is 14.8. The van der Waals surface area contributed by atoms with E-state index in [9.17, 15) is 0 Å². The fourth-order valence-electron chi connectivity index (χ4n) is 2.83. The van der Waals surface area contributed by atoms with Crippen molar-refractivity contribution in [2.45, 2.75) is 40.2 Å². The van der Waals surface area contributed by atoms with E-state index in [1.165, 1.54) is 0 Å². The SMILES string of the molecule is CCc1nn(C)c2c1nc(N)n2C(C)CN(CC)CC. The first-order valence-corrected chi connectivity index (χ1v) is 7.44. The van der Waals surface area contributed by atoms with Gasteiger partial charge in [0.25, 0.3) is 0 Å². The third-order valence-electron chi connectivity index (χ3n) is 3.96. The summed E-state index contributed by atoms with van der Waals surface area (Å²) in [6.07, 6.45) is 0.873. The van der Waals surface area contributed by atoms with Gasteiger partial charge in [0, 0.05) is 19.6 Å². The maximum atomic E-state index is 6.14. The molecule has 0 aromatic carbocycles. The fraction of sp³-hybridized carbons (Fsp3) is 0.714. The molecule has 0 amide bonds. The van der Waals surface area contributed by atoms with Crippen molar-refractivity contribution < 1.29 is 0 Å². The quantitative estimate of drug-likeness (QED) is 0.875. The van der Waals surface area contributed by atoms with Gasteiger partial charge in [0.2, 0.25) is 5.95 Å². The molecule has 112 valence electrons. The second-order valence-corrected chi connectivity index (χ2v) is 5.27. The third-order valence-corrected chi connectivity index (χ3v) is 3.96. The molecule has 2 N–H and O–H groups in total. The van der Waals surface area contributed by atoms with Crippen LogP contribution in [0.3, 0.4) is 0 Å². The number of nitrogens with zero attached hydrogens (tertiary/aromatic N) is 5. The van der Waals surface area contributed by atoms with Crippen molar-refractivity contribution in [3.8, 4) is 0 Å². The number of hydrogen-bond acceptors (Lipinski definition) is 4. The molecule has 0 saturated carbocycles. The summed E-state index contributed by atoms with van der Waals surface area (Å²) in [5, 5.41) is 4.54. The molecular formula is C14H26N6. The number of fused-ring (bicyclic) bond motifs is 1. The zero-order valence-corrected chi connectivity index (χ0v) is 13.2. The Morgan fingerprint density at radius 3 is 2.45 bits per heavy atom. The summed E-state index contributed by atoms with van der Waals surface area (Å²) in [6, 6.07) is 0.278. The van der Waals surface area contributed by atoms with Crippen LogP contribution in [0.15, 0.2) is 0 Å². The molecule has 0 aliphatic carbocycles. The van der Waals surface area contributed by atoms with Crippen LogP contribution in [0, 0.1) is 0 Å². The van der Waals surface area contributed by atoms with E-state index in [0.29, 0.717) is 5.95 Å². The molecule has 20 heavy (non-hydrogen) atoms. The van der Waals surface area contributed by atoms with E-state index in [1.54, 1.807) is 0 Å². The number of anilines is 1. The van der Waals surface area contributed by atoms with E-state index in [2.05, 4.69) is 47.2 Å². The van der Waals surface area contributed by atoms with Crippen molar-refractivity contribution in [3.05, 3.63) is 5.69 Å². The van der Waals surface area contributed by atoms with Crippen LogP contribution in [0.5, 0.6) is 0 Å². The standard InChI is InChI=1S/C14H26N6/c1-6-11-12-13(18(5)17-11)20(14(15)16-12)10(4)9-19(7-2)8-3/h10H,6-9H2,1-5H3,(H2,15,16). The minimum absolute atomic E-state index is 0.278. The van der Waals surface area contributed by atoms with Crippen LogP contribution in [0.2, 0.25) is 0 Å². The van der Waals surface area contributed by atoms with E-state index >= 15 is 0 Å². The minimum atomic E-state index is 0.278. The van der Waals surface area contributed by atoms with Crippen LogP contribution in [-0.2, 0) is 13.5 Å². The highest BCUT2D eigenvalue weighted by atomic mass is 15.4. The van der Waals surface area contributed by atoms with Gasteiger partial charge >= 0.3 is 0 Å². The number of hydrogen-bond donors (Lipinski definition) is 1. The molecule has 2 aromatic rings. The Balaban J connectivity index is 2.43. The van der Waals surface area contributed by atoms with Crippen LogP contribution in [0.4, 0.5) is 5.95 Å². The normalized spacial score (nSPS) is 13.5. The predicted molar refractivity (Wildman–Crippen MR) is 82.8 cm³/mol. The molecule has 0 saturated heterocycles. The van der Waals surface area contributed by atoms with Crippen molar-refractivity contribution in [3.63, 3.8) is 0 Å². The number of aryl methyl sites for hydroxylation is 2. The largest absolute Gasteiger partial charge is 0.369 e. The first-order chi connectivity index (χ1) is 9.53. The fourth-order valence-corrected chi connectivity index (χ4v) is 2.83. The van der Waals surface area contributed by atoms with Crippen molar-refractivity contribution in [2.75, 3.05) is 25.4 Å². The average molecular weight is 278 g/mol. The lowest BCUT2D eigenvalue weighted by molar-refractivity contribution is 0.263. The molecule has 0 spiro atoms. The topological polar surface area (TPSA) is 64.9 Å². The zero-order chi connectivity index (χ0) is 14.9.